The van der Waals surface area contributed by atoms with Gasteiger partial charge in [-0.2, -0.15) is 0 Å². The number of para-hydroxylation sites is 1. The number of nitrogens with zero attached hydrogens (tertiary/aromatic N) is 1. The summed E-state index contributed by atoms with van der Waals surface area (Å²) >= 11 is 0. The van der Waals surface area contributed by atoms with E-state index >= 15 is 0 Å². The number of hydrogen-bond donors (Lipinski definition) is 0. The van der Waals surface area contributed by atoms with Crippen molar-refractivity contribution < 1.29 is 9.18 Å². The molecule has 0 fully saturated rings. The Hall–Kier alpha value is -2.55. The molecule has 122 valence electrons. The molecule has 3 heteroatoms. The van der Waals surface area contributed by atoms with Gasteiger partial charge in [-0.15, -0.1) is 0 Å². The van der Waals surface area contributed by atoms with Crippen LogP contribution in [0.4, 0.5) is 4.39 Å². The van der Waals surface area contributed by atoms with E-state index in [-0.39, 0.29) is 11.6 Å². The zero-order valence-corrected chi connectivity index (χ0v) is 13.9. The van der Waals surface area contributed by atoms with E-state index in [1.165, 1.54) is 6.07 Å². The molecule has 0 saturated heterocycles. The first-order chi connectivity index (χ1) is 11.5. The van der Waals surface area contributed by atoms with Crippen LogP contribution < -0.4 is 0 Å². The minimum absolute atomic E-state index is 0.156. The van der Waals surface area contributed by atoms with Crippen LogP contribution in [0.5, 0.6) is 0 Å². The summed E-state index contributed by atoms with van der Waals surface area (Å²) in [5.74, 6) is -0.182. The minimum atomic E-state index is -0.460. The van der Waals surface area contributed by atoms with Crippen LogP contribution in [-0.4, -0.2) is 10.8 Å². The number of rotatable bonds is 5. The Labute approximate surface area is 141 Å². The number of pyridine rings is 1. The van der Waals surface area contributed by atoms with E-state index in [4.69, 9.17) is 0 Å². The van der Waals surface area contributed by atoms with Crippen molar-refractivity contribution in [2.45, 2.75) is 26.7 Å². The minimum Gasteiger partial charge on any atom is -0.299 e. The number of Topliss-reactive ketones (excluding diaryl/α,β-unsaturated/α-hetero) is 1. The highest BCUT2D eigenvalue weighted by Gasteiger charge is 2.27. The summed E-state index contributed by atoms with van der Waals surface area (Å²) in [6.07, 6.45) is 2.60. The molecule has 0 atom stereocenters. The lowest BCUT2D eigenvalue weighted by Crippen LogP contribution is -2.28. The van der Waals surface area contributed by atoms with Gasteiger partial charge in [-0.25, -0.2) is 4.39 Å². The fraction of sp³-hybridized carbons (Fsp3) is 0.238. The monoisotopic (exact) mass is 321 g/mol. The van der Waals surface area contributed by atoms with Gasteiger partial charge in [0.15, 0.2) is 0 Å². The van der Waals surface area contributed by atoms with E-state index in [1.807, 2.05) is 56.3 Å². The number of benzene rings is 2. The molecule has 0 saturated carbocycles. The molecule has 0 aliphatic carbocycles. The quantitative estimate of drug-likeness (QED) is 0.678. The number of carbonyl (C=O) groups excluding carboxylic acids is 1. The predicted molar refractivity (Wildman–Crippen MR) is 94.3 cm³/mol. The molecule has 24 heavy (non-hydrogen) atoms. The second kappa shape index (κ2) is 6.52. The van der Waals surface area contributed by atoms with Crippen LogP contribution in [0.15, 0.2) is 60.8 Å². The summed E-state index contributed by atoms with van der Waals surface area (Å²) < 4.78 is 13.7. The SMILES string of the molecule is CC(C)(Cc1ccccc1)C(=O)Cc1cnc2c(F)cccc2c1. The van der Waals surface area contributed by atoms with E-state index in [9.17, 15) is 9.18 Å². The third-order valence-electron chi connectivity index (χ3n) is 4.33. The molecule has 3 aromatic rings. The highest BCUT2D eigenvalue weighted by atomic mass is 19.1. The summed E-state index contributed by atoms with van der Waals surface area (Å²) in [4.78, 5) is 16.9. The van der Waals surface area contributed by atoms with Crippen molar-refractivity contribution in [2.75, 3.05) is 0 Å². The Morgan fingerprint density at radius 2 is 1.79 bits per heavy atom. The Morgan fingerprint density at radius 1 is 1.04 bits per heavy atom. The average molecular weight is 321 g/mol. The Kier molecular flexibility index (Phi) is 4.43. The van der Waals surface area contributed by atoms with Crippen LogP contribution in [-0.2, 0) is 17.6 Å². The summed E-state index contributed by atoms with van der Waals surface area (Å²) in [6, 6.07) is 16.7. The van der Waals surface area contributed by atoms with Gasteiger partial charge in [-0.05, 0) is 29.7 Å². The van der Waals surface area contributed by atoms with Crippen LogP contribution in [0.2, 0.25) is 0 Å². The van der Waals surface area contributed by atoms with Gasteiger partial charge in [-0.3, -0.25) is 9.78 Å². The predicted octanol–water partition coefficient (Wildman–Crippen LogP) is 4.75. The Morgan fingerprint density at radius 3 is 2.54 bits per heavy atom. The first-order valence-corrected chi connectivity index (χ1v) is 8.06. The highest BCUT2D eigenvalue weighted by molar-refractivity contribution is 5.87. The average Bonchev–Trinajstić information content (AvgIpc) is 2.55. The zero-order chi connectivity index (χ0) is 17.2. The van der Waals surface area contributed by atoms with Crippen LogP contribution in [0.1, 0.15) is 25.0 Å². The smallest absolute Gasteiger partial charge is 0.149 e. The number of carbonyl (C=O) groups is 1. The number of fused-ring (bicyclic) bond motifs is 1. The lowest BCUT2D eigenvalue weighted by Gasteiger charge is -2.23. The van der Waals surface area contributed by atoms with Gasteiger partial charge in [0.1, 0.15) is 17.1 Å². The zero-order valence-electron chi connectivity index (χ0n) is 13.9. The van der Waals surface area contributed by atoms with E-state index in [0.717, 1.165) is 16.5 Å². The Balaban J connectivity index is 1.78. The first-order valence-electron chi connectivity index (χ1n) is 8.06. The van der Waals surface area contributed by atoms with Crippen LogP contribution >= 0.6 is 0 Å². The van der Waals surface area contributed by atoms with Crippen molar-refractivity contribution in [1.29, 1.82) is 0 Å². The molecule has 0 amide bonds. The highest BCUT2D eigenvalue weighted by Crippen LogP contribution is 2.25. The van der Waals surface area contributed by atoms with Crippen molar-refractivity contribution >= 4 is 16.7 Å². The molecule has 1 heterocycles. The van der Waals surface area contributed by atoms with Gasteiger partial charge in [-0.1, -0.05) is 56.3 Å². The molecule has 0 unspecified atom stereocenters. The number of ketones is 1. The maximum Gasteiger partial charge on any atom is 0.149 e. The second-order valence-corrected chi connectivity index (χ2v) is 6.80. The molecule has 2 aromatic carbocycles. The molecule has 0 bridgehead atoms. The van der Waals surface area contributed by atoms with Crippen molar-refractivity contribution in [1.82, 2.24) is 4.98 Å². The molecule has 0 spiro atoms. The van der Waals surface area contributed by atoms with Crippen molar-refractivity contribution in [3.05, 3.63) is 77.7 Å². The van der Waals surface area contributed by atoms with Crippen LogP contribution in [0.3, 0.4) is 0 Å². The summed E-state index contributed by atoms with van der Waals surface area (Å²) in [6.45, 7) is 3.94. The first kappa shape index (κ1) is 16.3. The third kappa shape index (κ3) is 3.51. The van der Waals surface area contributed by atoms with E-state index in [1.54, 1.807) is 12.3 Å². The molecule has 0 aliphatic rings. The largest absolute Gasteiger partial charge is 0.299 e. The lowest BCUT2D eigenvalue weighted by atomic mass is 9.79. The summed E-state index contributed by atoms with van der Waals surface area (Å²) in [7, 11) is 0. The lowest BCUT2D eigenvalue weighted by molar-refractivity contribution is -0.126. The number of halogens is 1. The number of hydrogen-bond acceptors (Lipinski definition) is 2. The van der Waals surface area contributed by atoms with Gasteiger partial charge in [0.2, 0.25) is 0 Å². The molecule has 0 radical (unpaired) electrons. The maximum absolute atomic E-state index is 13.7. The fourth-order valence-electron chi connectivity index (χ4n) is 2.90. The molecule has 1 aromatic heterocycles. The van der Waals surface area contributed by atoms with Crippen molar-refractivity contribution in [2.24, 2.45) is 5.41 Å². The maximum atomic E-state index is 13.7. The molecular weight excluding hydrogens is 301 g/mol. The normalized spacial score (nSPS) is 11.6. The molecular formula is C21H20FNO. The van der Waals surface area contributed by atoms with Gasteiger partial charge in [0.05, 0.1) is 0 Å². The standard InChI is InChI=1S/C21H20FNO/c1-21(2,13-15-7-4-3-5-8-15)19(24)12-16-11-17-9-6-10-18(22)20(17)23-14-16/h3-11,14H,12-13H2,1-2H3. The van der Waals surface area contributed by atoms with E-state index in [2.05, 4.69) is 4.98 Å². The molecule has 0 aliphatic heterocycles. The van der Waals surface area contributed by atoms with E-state index < -0.39 is 5.41 Å². The molecule has 0 N–H and O–H groups in total. The molecule has 3 rings (SSSR count). The van der Waals surface area contributed by atoms with Gasteiger partial charge < -0.3 is 0 Å². The van der Waals surface area contributed by atoms with Crippen LogP contribution in [0, 0.1) is 11.2 Å². The van der Waals surface area contributed by atoms with Gasteiger partial charge in [0, 0.05) is 23.4 Å². The summed E-state index contributed by atoms with van der Waals surface area (Å²) in [5.41, 5.74) is 1.85. The topological polar surface area (TPSA) is 30.0 Å². The Bertz CT molecular complexity index is 871. The third-order valence-corrected chi connectivity index (χ3v) is 4.33. The van der Waals surface area contributed by atoms with Crippen molar-refractivity contribution in [3.63, 3.8) is 0 Å². The summed E-state index contributed by atoms with van der Waals surface area (Å²) in [5, 5.41) is 0.723. The fourth-order valence-corrected chi connectivity index (χ4v) is 2.90. The number of aromatic nitrogens is 1. The molecule has 2 nitrogen and oxygen atoms in total. The van der Waals surface area contributed by atoms with E-state index in [0.29, 0.717) is 18.4 Å². The van der Waals surface area contributed by atoms with Crippen molar-refractivity contribution in [3.8, 4) is 0 Å². The second-order valence-electron chi connectivity index (χ2n) is 6.80. The van der Waals surface area contributed by atoms with Crippen LogP contribution in [0.25, 0.3) is 10.9 Å². The van der Waals surface area contributed by atoms with Gasteiger partial charge in [0.25, 0.3) is 0 Å². The van der Waals surface area contributed by atoms with Gasteiger partial charge >= 0.3 is 0 Å².